The van der Waals surface area contributed by atoms with Crippen LogP contribution < -0.4 is 0 Å². The van der Waals surface area contributed by atoms with Crippen LogP contribution in [0, 0.1) is 13.8 Å². The molecule has 2 rings (SSSR count). The van der Waals surface area contributed by atoms with Crippen LogP contribution in [0.5, 0.6) is 11.5 Å². The summed E-state index contributed by atoms with van der Waals surface area (Å²) in [6.45, 7) is 4.71. The first kappa shape index (κ1) is 17.3. The molecule has 0 radical (unpaired) electrons. The molecule has 0 saturated carbocycles. The van der Waals surface area contributed by atoms with Gasteiger partial charge in [0.15, 0.2) is 0 Å². The molecular formula is C19H24O4. The molecule has 0 heterocycles. The van der Waals surface area contributed by atoms with Gasteiger partial charge in [-0.3, -0.25) is 0 Å². The summed E-state index contributed by atoms with van der Waals surface area (Å²) >= 11 is 0. The van der Waals surface area contributed by atoms with Crippen molar-refractivity contribution in [3.8, 4) is 11.5 Å². The second-order valence-electron chi connectivity index (χ2n) is 5.88. The maximum absolute atomic E-state index is 10.3. The van der Waals surface area contributed by atoms with Gasteiger partial charge in [0.1, 0.15) is 11.5 Å². The molecule has 2 aromatic rings. The van der Waals surface area contributed by atoms with Crippen LogP contribution in [0.2, 0.25) is 0 Å². The number of phenols is 2. The van der Waals surface area contributed by atoms with E-state index in [9.17, 15) is 10.2 Å². The minimum Gasteiger partial charge on any atom is -0.507 e. The summed E-state index contributed by atoms with van der Waals surface area (Å²) in [4.78, 5) is 0. The smallest absolute Gasteiger partial charge is 0.122 e. The highest BCUT2D eigenvalue weighted by molar-refractivity contribution is 5.50. The molecule has 4 nitrogen and oxygen atoms in total. The highest BCUT2D eigenvalue weighted by Crippen LogP contribution is 2.31. The number of benzene rings is 2. The van der Waals surface area contributed by atoms with E-state index in [4.69, 9.17) is 9.47 Å². The molecule has 0 unspecified atom stereocenters. The van der Waals surface area contributed by atoms with Crippen LogP contribution >= 0.6 is 0 Å². The number of aryl methyl sites for hydroxylation is 2. The number of rotatable bonds is 6. The third-order valence-corrected chi connectivity index (χ3v) is 3.88. The van der Waals surface area contributed by atoms with E-state index in [0.717, 1.165) is 33.4 Å². The summed E-state index contributed by atoms with van der Waals surface area (Å²) in [5.74, 6) is 0.526. The summed E-state index contributed by atoms with van der Waals surface area (Å²) in [5, 5.41) is 20.7. The summed E-state index contributed by atoms with van der Waals surface area (Å²) in [6.07, 6.45) is 0.453. The van der Waals surface area contributed by atoms with Gasteiger partial charge in [0.2, 0.25) is 0 Å². The predicted molar refractivity (Wildman–Crippen MR) is 89.9 cm³/mol. The maximum atomic E-state index is 10.3. The Morgan fingerprint density at radius 2 is 1.13 bits per heavy atom. The Morgan fingerprint density at radius 3 is 1.48 bits per heavy atom. The molecule has 0 fully saturated rings. The van der Waals surface area contributed by atoms with Gasteiger partial charge >= 0.3 is 0 Å². The Bertz CT molecular complexity index is 633. The molecule has 0 aromatic heterocycles. The Kier molecular flexibility index (Phi) is 5.64. The molecule has 23 heavy (non-hydrogen) atoms. The Hall–Kier alpha value is -2.04. The number of ether oxygens (including phenoxy) is 2. The number of methoxy groups -OCH3 is 2. The zero-order chi connectivity index (χ0) is 17.0. The standard InChI is InChI=1S/C19H24O4/c1-12-5-14(10-22-3)7-16(18(12)20)9-17-8-15(11-23-4)6-13(2)19(17)21/h5-8,20-21H,9-11H2,1-4H3. The second kappa shape index (κ2) is 7.49. The van der Waals surface area contributed by atoms with Crippen molar-refractivity contribution < 1.29 is 19.7 Å². The minimum atomic E-state index is 0.263. The fraction of sp³-hybridized carbons (Fsp3) is 0.368. The van der Waals surface area contributed by atoms with Gasteiger partial charge in [-0.15, -0.1) is 0 Å². The van der Waals surface area contributed by atoms with Crippen molar-refractivity contribution in [3.63, 3.8) is 0 Å². The van der Waals surface area contributed by atoms with E-state index in [0.29, 0.717) is 19.6 Å². The molecule has 0 spiro atoms. The number of phenolic OH excluding ortho intramolecular Hbond substituents is 2. The summed E-state index contributed by atoms with van der Waals surface area (Å²) in [5.41, 5.74) is 5.17. The van der Waals surface area contributed by atoms with Gasteiger partial charge in [-0.25, -0.2) is 0 Å². The predicted octanol–water partition coefficient (Wildman–Crippen LogP) is 3.60. The van der Waals surface area contributed by atoms with E-state index >= 15 is 0 Å². The first-order valence-electron chi connectivity index (χ1n) is 7.56. The van der Waals surface area contributed by atoms with E-state index in [1.54, 1.807) is 14.2 Å². The molecule has 0 amide bonds. The minimum absolute atomic E-state index is 0.263. The van der Waals surface area contributed by atoms with Crippen molar-refractivity contribution in [2.45, 2.75) is 33.5 Å². The van der Waals surface area contributed by atoms with Gasteiger partial charge in [-0.2, -0.15) is 0 Å². The fourth-order valence-corrected chi connectivity index (χ4v) is 2.84. The molecular weight excluding hydrogens is 292 g/mol. The van der Waals surface area contributed by atoms with Gasteiger partial charge in [-0.05, 0) is 59.4 Å². The van der Waals surface area contributed by atoms with Crippen molar-refractivity contribution in [2.24, 2.45) is 0 Å². The topological polar surface area (TPSA) is 58.9 Å². The Balaban J connectivity index is 2.42. The van der Waals surface area contributed by atoms with Crippen LogP contribution in [0.25, 0.3) is 0 Å². The SMILES string of the molecule is COCc1cc(C)c(O)c(Cc2cc(COC)cc(C)c2O)c1. The largest absolute Gasteiger partial charge is 0.507 e. The monoisotopic (exact) mass is 316 g/mol. The highest BCUT2D eigenvalue weighted by atomic mass is 16.5. The molecule has 2 N–H and O–H groups in total. The van der Waals surface area contributed by atoms with Crippen LogP contribution in [-0.2, 0) is 29.1 Å². The fourth-order valence-electron chi connectivity index (χ4n) is 2.84. The molecule has 0 aliphatic heterocycles. The van der Waals surface area contributed by atoms with Crippen molar-refractivity contribution >= 4 is 0 Å². The highest BCUT2D eigenvalue weighted by Gasteiger charge is 2.13. The third-order valence-electron chi connectivity index (χ3n) is 3.88. The lowest BCUT2D eigenvalue weighted by Crippen LogP contribution is -1.98. The van der Waals surface area contributed by atoms with Gasteiger partial charge in [-0.1, -0.05) is 12.1 Å². The molecule has 0 atom stereocenters. The average Bonchev–Trinajstić information content (AvgIpc) is 2.50. The molecule has 0 aliphatic rings. The van der Waals surface area contributed by atoms with E-state index < -0.39 is 0 Å². The van der Waals surface area contributed by atoms with Crippen molar-refractivity contribution in [1.29, 1.82) is 0 Å². The van der Waals surface area contributed by atoms with E-state index in [1.165, 1.54) is 0 Å². The van der Waals surface area contributed by atoms with Crippen LogP contribution in [-0.4, -0.2) is 24.4 Å². The quantitative estimate of drug-likeness (QED) is 0.855. The molecule has 124 valence electrons. The summed E-state index contributed by atoms with van der Waals surface area (Å²) in [6, 6.07) is 7.66. The van der Waals surface area contributed by atoms with Crippen LogP contribution in [0.3, 0.4) is 0 Å². The Morgan fingerprint density at radius 1 is 0.739 bits per heavy atom. The van der Waals surface area contributed by atoms with Gasteiger partial charge in [0.05, 0.1) is 13.2 Å². The van der Waals surface area contributed by atoms with Gasteiger partial charge < -0.3 is 19.7 Å². The molecule has 0 bridgehead atoms. The van der Waals surface area contributed by atoms with Crippen molar-refractivity contribution in [1.82, 2.24) is 0 Å². The van der Waals surface area contributed by atoms with Gasteiger partial charge in [0.25, 0.3) is 0 Å². The summed E-state index contributed by atoms with van der Waals surface area (Å²) in [7, 11) is 3.29. The molecule has 0 saturated heterocycles. The van der Waals surface area contributed by atoms with Crippen LogP contribution in [0.1, 0.15) is 33.4 Å². The lowest BCUT2D eigenvalue weighted by molar-refractivity contribution is 0.184. The van der Waals surface area contributed by atoms with E-state index in [-0.39, 0.29) is 11.5 Å². The van der Waals surface area contributed by atoms with Crippen molar-refractivity contribution in [2.75, 3.05) is 14.2 Å². The van der Waals surface area contributed by atoms with Crippen LogP contribution in [0.15, 0.2) is 24.3 Å². The Labute approximate surface area is 137 Å². The average molecular weight is 316 g/mol. The molecule has 4 heteroatoms. The summed E-state index contributed by atoms with van der Waals surface area (Å²) < 4.78 is 10.3. The first-order chi connectivity index (χ1) is 11.0. The van der Waals surface area contributed by atoms with E-state index in [2.05, 4.69) is 0 Å². The third kappa shape index (κ3) is 4.03. The zero-order valence-corrected chi connectivity index (χ0v) is 14.1. The lowest BCUT2D eigenvalue weighted by Gasteiger charge is -2.14. The molecule has 0 aliphatic carbocycles. The molecule has 2 aromatic carbocycles. The maximum Gasteiger partial charge on any atom is 0.122 e. The number of hydrogen-bond donors (Lipinski definition) is 2. The second-order valence-corrected chi connectivity index (χ2v) is 5.88. The normalized spacial score (nSPS) is 11.0. The van der Waals surface area contributed by atoms with Crippen LogP contribution in [0.4, 0.5) is 0 Å². The lowest BCUT2D eigenvalue weighted by atomic mass is 9.96. The van der Waals surface area contributed by atoms with Gasteiger partial charge in [0, 0.05) is 20.6 Å². The zero-order valence-electron chi connectivity index (χ0n) is 14.1. The number of aromatic hydroxyl groups is 2. The first-order valence-corrected chi connectivity index (χ1v) is 7.56. The van der Waals surface area contributed by atoms with Crippen molar-refractivity contribution in [3.05, 3.63) is 57.6 Å². The van der Waals surface area contributed by atoms with E-state index in [1.807, 2.05) is 38.1 Å². The number of hydrogen-bond acceptors (Lipinski definition) is 4.